The summed E-state index contributed by atoms with van der Waals surface area (Å²) in [5.74, 6) is 2.61. The van der Waals surface area contributed by atoms with Gasteiger partial charge in [0, 0.05) is 27.8 Å². The Labute approximate surface area is 280 Å². The summed E-state index contributed by atoms with van der Waals surface area (Å²) >= 11 is 0. The lowest BCUT2D eigenvalue weighted by Crippen LogP contribution is -2.34. The van der Waals surface area contributed by atoms with Crippen molar-refractivity contribution in [3.05, 3.63) is 221 Å². The molecular weight excluding hydrogens is 585 g/mol. The van der Waals surface area contributed by atoms with Crippen LogP contribution in [0.15, 0.2) is 193 Å². The summed E-state index contributed by atoms with van der Waals surface area (Å²) in [6, 6.07) is 55.8. The molecule has 0 amide bonds. The van der Waals surface area contributed by atoms with Crippen LogP contribution in [0.2, 0.25) is 0 Å². The van der Waals surface area contributed by atoms with Gasteiger partial charge in [0.05, 0.1) is 17.2 Å². The number of aliphatic imine (C=N–C) groups is 1. The molecule has 1 aliphatic carbocycles. The van der Waals surface area contributed by atoms with Gasteiger partial charge in [0.25, 0.3) is 0 Å². The van der Waals surface area contributed by atoms with Crippen LogP contribution in [0.4, 0.5) is 0 Å². The van der Waals surface area contributed by atoms with Crippen LogP contribution in [0.3, 0.4) is 0 Å². The third kappa shape index (κ3) is 4.47. The zero-order valence-corrected chi connectivity index (χ0v) is 26.3. The molecule has 1 unspecified atom stereocenters. The van der Waals surface area contributed by atoms with Crippen LogP contribution in [-0.4, -0.2) is 11.9 Å². The predicted molar refractivity (Wildman–Crippen MR) is 195 cm³/mol. The topological polar surface area (TPSA) is 33.6 Å². The number of ether oxygens (including phenoxy) is 1. The zero-order valence-electron chi connectivity index (χ0n) is 26.3. The second-order valence-corrected chi connectivity index (χ2v) is 12.3. The van der Waals surface area contributed by atoms with Gasteiger partial charge in [0.2, 0.25) is 0 Å². The van der Waals surface area contributed by atoms with E-state index in [1.54, 1.807) is 0 Å². The number of amidine groups is 1. The number of benzene rings is 6. The number of nitrogens with one attached hydrogen (secondary N) is 1. The third-order valence-electron chi connectivity index (χ3n) is 9.64. The molecule has 3 nitrogen and oxygen atoms in total. The molecule has 1 atom stereocenters. The van der Waals surface area contributed by atoms with Crippen molar-refractivity contribution in [1.82, 2.24) is 5.32 Å². The maximum Gasteiger partial charge on any atom is 0.140 e. The van der Waals surface area contributed by atoms with Crippen LogP contribution in [0, 0.1) is 0 Å². The summed E-state index contributed by atoms with van der Waals surface area (Å²) in [4.78, 5) is 5.07. The molecular formula is C45H32N2O. The first-order valence-corrected chi connectivity index (χ1v) is 16.4. The van der Waals surface area contributed by atoms with E-state index < -0.39 is 5.41 Å². The van der Waals surface area contributed by atoms with Gasteiger partial charge in [-0.15, -0.1) is 0 Å². The summed E-state index contributed by atoms with van der Waals surface area (Å²) in [6.45, 7) is 0. The van der Waals surface area contributed by atoms with Crippen LogP contribution in [-0.2, 0) is 5.41 Å². The Kier molecular flexibility index (Phi) is 6.76. The third-order valence-corrected chi connectivity index (χ3v) is 9.64. The van der Waals surface area contributed by atoms with E-state index in [-0.39, 0.29) is 6.04 Å². The number of allylic oxidation sites excluding steroid dienone is 2. The maximum atomic E-state index is 6.94. The van der Waals surface area contributed by atoms with Gasteiger partial charge in [0.15, 0.2) is 0 Å². The SMILES string of the molecule is C1=CC2=C(c3cccc(-c4cccc5c4Oc4ccccc4C5(c4ccccc4)c4ccccc4)c3)NC(c3ccccc3)=NC2C=C1. The molecule has 228 valence electrons. The van der Waals surface area contributed by atoms with E-state index in [1.165, 1.54) is 11.1 Å². The fourth-order valence-corrected chi connectivity index (χ4v) is 7.52. The number of para-hydroxylation sites is 2. The first kappa shape index (κ1) is 28.1. The van der Waals surface area contributed by atoms with Gasteiger partial charge in [-0.05, 0) is 34.4 Å². The molecule has 0 radical (unpaired) electrons. The lowest BCUT2D eigenvalue weighted by Gasteiger charge is -2.42. The molecule has 6 aromatic rings. The van der Waals surface area contributed by atoms with Crippen LogP contribution in [0.1, 0.15) is 33.4 Å². The summed E-state index contributed by atoms with van der Waals surface area (Å²) in [5.41, 5.74) is 10.6. The Hall–Kier alpha value is -6.19. The van der Waals surface area contributed by atoms with Crippen molar-refractivity contribution in [2.45, 2.75) is 11.5 Å². The second kappa shape index (κ2) is 11.6. The largest absolute Gasteiger partial charge is 0.456 e. The Bertz CT molecular complexity index is 2240. The van der Waals surface area contributed by atoms with Crippen molar-refractivity contribution in [3.63, 3.8) is 0 Å². The molecule has 0 fully saturated rings. The average Bonchev–Trinajstić information content (AvgIpc) is 3.17. The quantitative estimate of drug-likeness (QED) is 0.209. The normalized spacial score (nSPS) is 16.9. The van der Waals surface area contributed by atoms with Crippen LogP contribution in [0.25, 0.3) is 16.8 Å². The Morgan fingerprint density at radius 3 is 1.96 bits per heavy atom. The Balaban J connectivity index is 1.23. The van der Waals surface area contributed by atoms with Crippen molar-refractivity contribution < 1.29 is 4.74 Å². The minimum absolute atomic E-state index is 0.0493. The minimum Gasteiger partial charge on any atom is -0.456 e. The van der Waals surface area contributed by atoms with Crippen molar-refractivity contribution in [2.24, 2.45) is 4.99 Å². The van der Waals surface area contributed by atoms with Gasteiger partial charge >= 0.3 is 0 Å². The van der Waals surface area contributed by atoms with Crippen molar-refractivity contribution >= 4 is 11.5 Å². The molecule has 0 aromatic heterocycles. The zero-order chi connectivity index (χ0) is 31.9. The summed E-state index contributed by atoms with van der Waals surface area (Å²) < 4.78 is 6.94. The Morgan fingerprint density at radius 1 is 0.562 bits per heavy atom. The highest BCUT2D eigenvalue weighted by Crippen LogP contribution is 2.57. The molecule has 9 rings (SSSR count). The van der Waals surface area contributed by atoms with Crippen LogP contribution in [0.5, 0.6) is 11.5 Å². The molecule has 6 aromatic carbocycles. The summed E-state index contributed by atoms with van der Waals surface area (Å²) in [7, 11) is 0. The van der Waals surface area contributed by atoms with Gasteiger partial charge in [-0.3, -0.25) is 4.99 Å². The number of hydrogen-bond acceptors (Lipinski definition) is 3. The molecule has 1 N–H and O–H groups in total. The highest BCUT2D eigenvalue weighted by molar-refractivity contribution is 6.06. The molecule has 3 heteroatoms. The fourth-order valence-electron chi connectivity index (χ4n) is 7.52. The lowest BCUT2D eigenvalue weighted by molar-refractivity contribution is 0.436. The number of nitrogens with zero attached hydrogens (tertiary/aromatic N) is 1. The molecule has 0 saturated carbocycles. The van der Waals surface area contributed by atoms with Gasteiger partial charge < -0.3 is 10.1 Å². The Morgan fingerprint density at radius 2 is 1.19 bits per heavy atom. The molecule has 48 heavy (non-hydrogen) atoms. The van der Waals surface area contributed by atoms with Gasteiger partial charge in [-0.25, -0.2) is 0 Å². The molecule has 0 bridgehead atoms. The number of fused-ring (bicyclic) bond motifs is 3. The van der Waals surface area contributed by atoms with Crippen molar-refractivity contribution in [1.29, 1.82) is 0 Å². The summed E-state index contributed by atoms with van der Waals surface area (Å²) in [5, 5.41) is 3.71. The van der Waals surface area contributed by atoms with E-state index in [0.717, 1.165) is 62.0 Å². The maximum absolute atomic E-state index is 6.94. The molecule has 3 aliphatic rings. The highest BCUT2D eigenvalue weighted by Gasteiger charge is 2.45. The smallest absolute Gasteiger partial charge is 0.140 e. The number of hydrogen-bond donors (Lipinski definition) is 1. The first-order chi connectivity index (χ1) is 23.8. The minimum atomic E-state index is -0.566. The molecule has 2 aliphatic heterocycles. The lowest BCUT2D eigenvalue weighted by atomic mass is 9.63. The van der Waals surface area contributed by atoms with E-state index in [1.807, 2.05) is 6.07 Å². The number of rotatable bonds is 5. The van der Waals surface area contributed by atoms with Crippen molar-refractivity contribution in [2.75, 3.05) is 0 Å². The van der Waals surface area contributed by atoms with E-state index in [2.05, 4.69) is 181 Å². The fraction of sp³-hybridized carbons (Fsp3) is 0.0444. The summed E-state index contributed by atoms with van der Waals surface area (Å²) in [6.07, 6.45) is 8.50. The molecule has 0 saturated heterocycles. The average molecular weight is 617 g/mol. The predicted octanol–water partition coefficient (Wildman–Crippen LogP) is 10.1. The van der Waals surface area contributed by atoms with E-state index >= 15 is 0 Å². The first-order valence-electron chi connectivity index (χ1n) is 16.4. The van der Waals surface area contributed by atoms with Crippen LogP contribution < -0.4 is 10.1 Å². The monoisotopic (exact) mass is 616 g/mol. The standard InChI is InChI=1S/C45H32N2O/c1-4-16-31(17-5-1)44-46-40-28-12-10-24-37(40)42(47-44)33-19-14-18-32(30-33)36-25-15-27-39-43(36)48-41-29-13-11-26-38(41)45(39,34-20-6-2-7-21-34)35-22-8-3-9-23-35/h1-30,40H,(H,46,47). The molecule has 2 heterocycles. The van der Waals surface area contributed by atoms with E-state index in [4.69, 9.17) is 9.73 Å². The van der Waals surface area contributed by atoms with E-state index in [0.29, 0.717) is 0 Å². The highest BCUT2D eigenvalue weighted by atomic mass is 16.5. The molecule has 0 spiro atoms. The van der Waals surface area contributed by atoms with Crippen LogP contribution >= 0.6 is 0 Å². The van der Waals surface area contributed by atoms with Crippen molar-refractivity contribution in [3.8, 4) is 22.6 Å². The second-order valence-electron chi connectivity index (χ2n) is 12.3. The van der Waals surface area contributed by atoms with Gasteiger partial charge in [0.1, 0.15) is 17.3 Å². The van der Waals surface area contributed by atoms with Gasteiger partial charge in [-0.2, -0.15) is 0 Å². The van der Waals surface area contributed by atoms with E-state index in [9.17, 15) is 0 Å². The van der Waals surface area contributed by atoms with Gasteiger partial charge in [-0.1, -0.05) is 170 Å².